The Morgan fingerprint density at radius 3 is 2.65 bits per heavy atom. The SMILES string of the molecule is CCC(=O)N(C)C[C@H]1Oc2cc(C#CC3CCCCC3)ccc2S(=O)(=O)N([C@H](C)CO)C[C@@H]1C. The Hall–Kier alpha value is -2.08. The van der Waals surface area contributed by atoms with Gasteiger partial charge in [0.1, 0.15) is 16.7 Å². The van der Waals surface area contributed by atoms with Crippen LogP contribution in [0.1, 0.15) is 64.9 Å². The predicted octanol–water partition coefficient (Wildman–Crippen LogP) is 3.26. The van der Waals surface area contributed by atoms with Crippen molar-refractivity contribution in [2.45, 2.75) is 76.3 Å². The number of benzene rings is 1. The lowest BCUT2D eigenvalue weighted by molar-refractivity contribution is -0.131. The summed E-state index contributed by atoms with van der Waals surface area (Å²) in [7, 11) is -2.16. The van der Waals surface area contributed by atoms with E-state index < -0.39 is 22.2 Å². The maximum absolute atomic E-state index is 13.6. The molecule has 1 amide bonds. The van der Waals surface area contributed by atoms with Crippen LogP contribution in [-0.2, 0) is 14.8 Å². The molecule has 0 unspecified atom stereocenters. The summed E-state index contributed by atoms with van der Waals surface area (Å²) in [4.78, 5) is 13.9. The molecule has 1 N–H and O–H groups in total. The van der Waals surface area contributed by atoms with Gasteiger partial charge in [-0.2, -0.15) is 4.31 Å². The number of likely N-dealkylation sites (N-methyl/N-ethyl adjacent to an activating group) is 1. The van der Waals surface area contributed by atoms with Crippen molar-refractivity contribution in [3.63, 3.8) is 0 Å². The molecule has 3 rings (SSSR count). The Morgan fingerprint density at radius 2 is 2.00 bits per heavy atom. The molecule has 34 heavy (non-hydrogen) atoms. The number of fused-ring (bicyclic) bond motifs is 1. The molecule has 1 aromatic rings. The maximum Gasteiger partial charge on any atom is 0.247 e. The third-order valence-corrected chi connectivity index (χ3v) is 8.89. The lowest BCUT2D eigenvalue weighted by Gasteiger charge is -2.37. The molecule has 1 heterocycles. The van der Waals surface area contributed by atoms with E-state index in [2.05, 4.69) is 11.8 Å². The number of aliphatic hydroxyl groups excluding tert-OH is 1. The Bertz CT molecular complexity index is 1020. The quantitative estimate of drug-likeness (QED) is 0.641. The fourth-order valence-electron chi connectivity index (χ4n) is 4.60. The zero-order valence-electron chi connectivity index (χ0n) is 20.8. The second kappa shape index (κ2) is 11.6. The van der Waals surface area contributed by atoms with Gasteiger partial charge in [0.05, 0.1) is 13.2 Å². The number of hydrogen-bond donors (Lipinski definition) is 1. The Morgan fingerprint density at radius 1 is 1.29 bits per heavy atom. The van der Waals surface area contributed by atoms with Crippen LogP contribution < -0.4 is 4.74 Å². The molecule has 2 aliphatic rings. The predicted molar refractivity (Wildman–Crippen MR) is 132 cm³/mol. The van der Waals surface area contributed by atoms with Crippen LogP contribution in [0.2, 0.25) is 0 Å². The van der Waals surface area contributed by atoms with E-state index in [4.69, 9.17) is 4.74 Å². The van der Waals surface area contributed by atoms with Crippen molar-refractivity contribution >= 4 is 15.9 Å². The van der Waals surface area contributed by atoms with Gasteiger partial charge in [0.2, 0.25) is 15.9 Å². The third kappa shape index (κ3) is 6.12. The number of nitrogens with zero attached hydrogens (tertiary/aromatic N) is 2. The largest absolute Gasteiger partial charge is 0.487 e. The number of rotatable bonds is 5. The molecule has 8 heteroatoms. The molecule has 0 radical (unpaired) electrons. The van der Waals surface area contributed by atoms with E-state index in [0.29, 0.717) is 24.4 Å². The third-order valence-electron chi connectivity index (χ3n) is 6.87. The normalized spacial score (nSPS) is 23.9. The van der Waals surface area contributed by atoms with E-state index in [9.17, 15) is 18.3 Å². The van der Waals surface area contributed by atoms with Gasteiger partial charge in [-0.3, -0.25) is 4.79 Å². The smallest absolute Gasteiger partial charge is 0.247 e. The minimum atomic E-state index is -3.89. The van der Waals surface area contributed by atoms with Crippen molar-refractivity contribution < 1.29 is 23.1 Å². The molecule has 188 valence electrons. The molecule has 0 aromatic heterocycles. The van der Waals surface area contributed by atoms with Crippen LogP contribution in [-0.4, -0.2) is 67.5 Å². The van der Waals surface area contributed by atoms with Gasteiger partial charge in [-0.25, -0.2) is 8.42 Å². The van der Waals surface area contributed by atoms with Crippen LogP contribution in [0, 0.1) is 23.7 Å². The van der Waals surface area contributed by atoms with E-state index in [-0.39, 0.29) is 35.6 Å². The van der Waals surface area contributed by atoms with Crippen molar-refractivity contribution in [1.29, 1.82) is 0 Å². The van der Waals surface area contributed by atoms with E-state index in [1.807, 2.05) is 13.8 Å². The molecular weight excluding hydrogens is 452 g/mol. The van der Waals surface area contributed by atoms with Gasteiger partial charge >= 0.3 is 0 Å². The maximum atomic E-state index is 13.6. The molecule has 1 fully saturated rings. The summed E-state index contributed by atoms with van der Waals surface area (Å²) in [6.45, 7) is 5.66. The summed E-state index contributed by atoms with van der Waals surface area (Å²) in [6.07, 6.45) is 5.85. The highest BCUT2D eigenvalue weighted by Gasteiger charge is 2.38. The van der Waals surface area contributed by atoms with Crippen molar-refractivity contribution in [2.24, 2.45) is 11.8 Å². The first-order valence-electron chi connectivity index (χ1n) is 12.4. The Labute approximate surface area is 204 Å². The van der Waals surface area contributed by atoms with E-state index in [0.717, 1.165) is 12.8 Å². The van der Waals surface area contributed by atoms with Crippen molar-refractivity contribution in [3.05, 3.63) is 23.8 Å². The topological polar surface area (TPSA) is 87.2 Å². The molecule has 3 atom stereocenters. The van der Waals surface area contributed by atoms with Gasteiger partial charge in [0, 0.05) is 43.5 Å². The average molecular weight is 491 g/mol. The fraction of sp³-hybridized carbons (Fsp3) is 0.654. The van der Waals surface area contributed by atoms with Crippen molar-refractivity contribution in [1.82, 2.24) is 9.21 Å². The molecule has 7 nitrogen and oxygen atoms in total. The first-order valence-corrected chi connectivity index (χ1v) is 13.8. The summed E-state index contributed by atoms with van der Waals surface area (Å²) in [6, 6.07) is 4.40. The zero-order chi connectivity index (χ0) is 24.9. The summed E-state index contributed by atoms with van der Waals surface area (Å²) < 4.78 is 34.8. The Kier molecular flexibility index (Phi) is 9.02. The second-order valence-corrected chi connectivity index (χ2v) is 11.5. The van der Waals surface area contributed by atoms with Crippen LogP contribution >= 0.6 is 0 Å². The van der Waals surface area contributed by atoms with E-state index >= 15 is 0 Å². The molecule has 0 spiro atoms. The van der Waals surface area contributed by atoms with E-state index in [1.54, 1.807) is 37.1 Å². The van der Waals surface area contributed by atoms with Crippen LogP contribution in [0.3, 0.4) is 0 Å². The fourth-order valence-corrected chi connectivity index (χ4v) is 6.42. The summed E-state index contributed by atoms with van der Waals surface area (Å²) in [5.74, 6) is 7.00. The summed E-state index contributed by atoms with van der Waals surface area (Å²) >= 11 is 0. The standard InChI is InChI=1S/C26H38N2O5S/c1-5-26(30)27(4)17-24-19(2)16-28(20(3)18-29)34(31,32)25-14-13-22(15-23(25)33-24)12-11-21-9-7-6-8-10-21/h13-15,19-21,24,29H,5-10,16-18H2,1-4H3/t19-,20+,24+/m0/s1. The van der Waals surface area contributed by atoms with Gasteiger partial charge in [-0.1, -0.05) is 45.0 Å². The summed E-state index contributed by atoms with van der Waals surface area (Å²) in [5.41, 5.74) is 0.714. The molecule has 0 bridgehead atoms. The lowest BCUT2D eigenvalue weighted by Crippen LogP contribution is -2.50. The van der Waals surface area contributed by atoms with Gasteiger partial charge in [-0.15, -0.1) is 0 Å². The van der Waals surface area contributed by atoms with Crippen molar-refractivity contribution in [2.75, 3.05) is 26.7 Å². The highest BCUT2D eigenvalue weighted by molar-refractivity contribution is 7.89. The molecule has 1 aliphatic carbocycles. The number of amides is 1. The first kappa shape index (κ1) is 26.5. The lowest BCUT2D eigenvalue weighted by atomic mass is 9.90. The van der Waals surface area contributed by atoms with Crippen molar-refractivity contribution in [3.8, 4) is 17.6 Å². The Balaban J connectivity index is 2.01. The number of hydrogen-bond acceptors (Lipinski definition) is 5. The zero-order valence-corrected chi connectivity index (χ0v) is 21.6. The van der Waals surface area contributed by atoms with Crippen LogP contribution in [0.15, 0.2) is 23.1 Å². The first-order chi connectivity index (χ1) is 16.2. The van der Waals surface area contributed by atoms with Gasteiger partial charge in [0.15, 0.2) is 0 Å². The highest BCUT2D eigenvalue weighted by Crippen LogP contribution is 2.34. The highest BCUT2D eigenvalue weighted by atomic mass is 32.2. The minimum absolute atomic E-state index is 0.00149. The van der Waals surface area contributed by atoms with Gasteiger partial charge < -0.3 is 14.7 Å². The van der Waals surface area contributed by atoms with Gasteiger partial charge in [0.25, 0.3) is 0 Å². The number of carbonyl (C=O) groups excluding carboxylic acids is 1. The average Bonchev–Trinajstić information content (AvgIpc) is 2.84. The van der Waals surface area contributed by atoms with Crippen LogP contribution in [0.25, 0.3) is 0 Å². The van der Waals surface area contributed by atoms with Gasteiger partial charge in [-0.05, 0) is 38.0 Å². The van der Waals surface area contributed by atoms with E-state index in [1.165, 1.54) is 23.6 Å². The monoisotopic (exact) mass is 490 g/mol. The number of ether oxygens (including phenoxy) is 1. The number of sulfonamides is 1. The minimum Gasteiger partial charge on any atom is -0.487 e. The number of aliphatic hydroxyl groups is 1. The number of carbonyl (C=O) groups is 1. The molecule has 0 saturated heterocycles. The molecule has 1 aliphatic heterocycles. The van der Waals surface area contributed by atoms with Crippen LogP contribution in [0.5, 0.6) is 5.75 Å². The molecule has 1 aromatic carbocycles. The second-order valence-electron chi connectivity index (χ2n) is 9.63. The molecular formula is C26H38N2O5S. The van der Waals surface area contributed by atoms with Crippen LogP contribution in [0.4, 0.5) is 0 Å². The summed E-state index contributed by atoms with van der Waals surface area (Å²) in [5, 5.41) is 9.76. The molecule has 1 saturated carbocycles.